The summed E-state index contributed by atoms with van der Waals surface area (Å²) in [5, 5.41) is 8.94. The first kappa shape index (κ1) is 15.3. The van der Waals surface area contributed by atoms with E-state index in [9.17, 15) is 9.59 Å². The van der Waals surface area contributed by atoms with E-state index in [0.29, 0.717) is 31.1 Å². The predicted molar refractivity (Wildman–Crippen MR) is 75.5 cm³/mol. The normalized spacial score (nSPS) is 18.3. The number of hydrogen-bond acceptors (Lipinski definition) is 4. The number of amides is 1. The van der Waals surface area contributed by atoms with Gasteiger partial charge >= 0.3 is 5.97 Å². The number of hydrogen-bond donors (Lipinski definition) is 1. The fourth-order valence-corrected chi connectivity index (χ4v) is 2.34. The summed E-state index contributed by atoms with van der Waals surface area (Å²) in [7, 11) is 0. The van der Waals surface area contributed by atoms with Crippen molar-refractivity contribution in [3.63, 3.8) is 0 Å². The molecule has 2 rings (SSSR count). The molecule has 6 heteroatoms. The molecule has 21 heavy (non-hydrogen) atoms. The van der Waals surface area contributed by atoms with Crippen molar-refractivity contribution in [2.45, 2.75) is 19.4 Å². The number of benzene rings is 1. The SMILES string of the molecule is CCOc1cccc(C(=O)N2CCOCC2CC(=O)O)c1. The molecule has 0 aromatic heterocycles. The summed E-state index contributed by atoms with van der Waals surface area (Å²) >= 11 is 0. The second-order valence-corrected chi connectivity index (χ2v) is 4.79. The molecule has 0 spiro atoms. The molecule has 0 radical (unpaired) electrons. The molecule has 1 atom stereocenters. The van der Waals surface area contributed by atoms with E-state index in [2.05, 4.69) is 0 Å². The molecule has 6 nitrogen and oxygen atoms in total. The maximum atomic E-state index is 12.6. The van der Waals surface area contributed by atoms with Gasteiger partial charge in [0.25, 0.3) is 5.91 Å². The number of aliphatic carboxylic acids is 1. The predicted octanol–water partition coefficient (Wildman–Crippen LogP) is 1.40. The smallest absolute Gasteiger partial charge is 0.305 e. The van der Waals surface area contributed by atoms with E-state index in [-0.39, 0.29) is 18.9 Å². The Morgan fingerprint density at radius 1 is 1.48 bits per heavy atom. The van der Waals surface area contributed by atoms with Crippen LogP contribution in [0.15, 0.2) is 24.3 Å². The fraction of sp³-hybridized carbons (Fsp3) is 0.467. The Hall–Kier alpha value is -2.08. The average molecular weight is 293 g/mol. The van der Waals surface area contributed by atoms with Crippen LogP contribution in [-0.2, 0) is 9.53 Å². The highest BCUT2D eigenvalue weighted by molar-refractivity contribution is 5.95. The maximum absolute atomic E-state index is 12.6. The molecule has 1 saturated heterocycles. The Kier molecular flexibility index (Phi) is 5.16. The highest BCUT2D eigenvalue weighted by atomic mass is 16.5. The summed E-state index contributed by atoms with van der Waals surface area (Å²) in [6.07, 6.45) is -0.114. The van der Waals surface area contributed by atoms with Gasteiger partial charge in [0.15, 0.2) is 0 Å². The topological polar surface area (TPSA) is 76.1 Å². The Morgan fingerprint density at radius 3 is 3.00 bits per heavy atom. The molecule has 1 aliphatic rings. The van der Waals surface area contributed by atoms with E-state index in [4.69, 9.17) is 14.6 Å². The lowest BCUT2D eigenvalue weighted by atomic mass is 10.1. The van der Waals surface area contributed by atoms with Crippen LogP contribution in [0.25, 0.3) is 0 Å². The van der Waals surface area contributed by atoms with Crippen molar-refractivity contribution < 1.29 is 24.2 Å². The minimum atomic E-state index is -0.939. The van der Waals surface area contributed by atoms with Crippen molar-refractivity contribution in [3.05, 3.63) is 29.8 Å². The van der Waals surface area contributed by atoms with Gasteiger partial charge in [-0.15, -0.1) is 0 Å². The number of carboxylic acids is 1. The van der Waals surface area contributed by atoms with E-state index in [1.165, 1.54) is 0 Å². The van der Waals surface area contributed by atoms with Crippen molar-refractivity contribution >= 4 is 11.9 Å². The van der Waals surface area contributed by atoms with Crippen LogP contribution < -0.4 is 4.74 Å². The first-order valence-corrected chi connectivity index (χ1v) is 6.95. The molecule has 1 aliphatic heterocycles. The molecule has 0 aliphatic carbocycles. The molecule has 0 bridgehead atoms. The summed E-state index contributed by atoms with van der Waals surface area (Å²) in [6.45, 7) is 3.47. The van der Waals surface area contributed by atoms with Gasteiger partial charge in [-0.25, -0.2) is 0 Å². The average Bonchev–Trinajstić information content (AvgIpc) is 2.47. The molecule has 1 unspecified atom stereocenters. The second kappa shape index (κ2) is 7.08. The van der Waals surface area contributed by atoms with Gasteiger partial charge in [-0.1, -0.05) is 6.07 Å². The van der Waals surface area contributed by atoms with Gasteiger partial charge in [0.2, 0.25) is 0 Å². The monoisotopic (exact) mass is 293 g/mol. The van der Waals surface area contributed by atoms with Gasteiger partial charge in [0, 0.05) is 12.1 Å². The van der Waals surface area contributed by atoms with Crippen molar-refractivity contribution in [2.24, 2.45) is 0 Å². The third-order valence-electron chi connectivity index (χ3n) is 3.29. The molecule has 1 fully saturated rings. The lowest BCUT2D eigenvalue weighted by Gasteiger charge is -2.34. The lowest BCUT2D eigenvalue weighted by molar-refractivity contribution is -0.139. The molecule has 1 heterocycles. The molecular formula is C15H19NO5. The molecule has 114 valence electrons. The third-order valence-corrected chi connectivity index (χ3v) is 3.29. The Bertz CT molecular complexity index is 517. The number of nitrogens with zero attached hydrogens (tertiary/aromatic N) is 1. The van der Waals surface area contributed by atoms with E-state index in [1.54, 1.807) is 29.2 Å². The zero-order chi connectivity index (χ0) is 15.2. The molecular weight excluding hydrogens is 274 g/mol. The summed E-state index contributed by atoms with van der Waals surface area (Å²) in [5.74, 6) is -0.496. The van der Waals surface area contributed by atoms with Crippen LogP contribution in [0.4, 0.5) is 0 Å². The van der Waals surface area contributed by atoms with Gasteiger partial charge in [0.05, 0.1) is 32.3 Å². The quantitative estimate of drug-likeness (QED) is 0.888. The van der Waals surface area contributed by atoms with Crippen molar-refractivity contribution in [1.82, 2.24) is 4.90 Å². The molecule has 0 saturated carbocycles. The summed E-state index contributed by atoms with van der Waals surface area (Å²) in [6, 6.07) is 6.50. The minimum absolute atomic E-state index is 0.114. The van der Waals surface area contributed by atoms with Crippen molar-refractivity contribution in [3.8, 4) is 5.75 Å². The van der Waals surface area contributed by atoms with Crippen LogP contribution in [0.1, 0.15) is 23.7 Å². The Morgan fingerprint density at radius 2 is 2.29 bits per heavy atom. The van der Waals surface area contributed by atoms with Gasteiger partial charge in [-0.2, -0.15) is 0 Å². The largest absolute Gasteiger partial charge is 0.494 e. The van der Waals surface area contributed by atoms with Gasteiger partial charge in [0.1, 0.15) is 5.75 Å². The van der Waals surface area contributed by atoms with E-state index in [0.717, 1.165) is 0 Å². The van der Waals surface area contributed by atoms with Crippen LogP contribution in [0.3, 0.4) is 0 Å². The van der Waals surface area contributed by atoms with Crippen LogP contribution in [-0.4, -0.2) is 54.3 Å². The van der Waals surface area contributed by atoms with Crippen LogP contribution in [0.5, 0.6) is 5.75 Å². The number of ether oxygens (including phenoxy) is 2. The molecule has 1 N–H and O–H groups in total. The van der Waals surface area contributed by atoms with E-state index in [1.807, 2.05) is 6.92 Å². The van der Waals surface area contributed by atoms with Crippen molar-refractivity contribution in [1.29, 1.82) is 0 Å². The van der Waals surface area contributed by atoms with Gasteiger partial charge < -0.3 is 19.5 Å². The zero-order valence-corrected chi connectivity index (χ0v) is 11.9. The van der Waals surface area contributed by atoms with Gasteiger partial charge in [-0.3, -0.25) is 9.59 Å². The zero-order valence-electron chi connectivity index (χ0n) is 11.9. The number of carbonyl (C=O) groups is 2. The molecule has 1 amide bonds. The highest BCUT2D eigenvalue weighted by Gasteiger charge is 2.29. The third kappa shape index (κ3) is 3.95. The summed E-state index contributed by atoms with van der Waals surface area (Å²) in [4.78, 5) is 25.0. The second-order valence-electron chi connectivity index (χ2n) is 4.79. The molecule has 1 aromatic rings. The Labute approximate surface area is 123 Å². The number of carbonyl (C=O) groups excluding carboxylic acids is 1. The number of rotatable bonds is 5. The summed E-state index contributed by atoms with van der Waals surface area (Å²) in [5.41, 5.74) is 0.498. The Balaban J connectivity index is 2.16. The van der Waals surface area contributed by atoms with Crippen LogP contribution >= 0.6 is 0 Å². The fourth-order valence-electron chi connectivity index (χ4n) is 2.34. The first-order chi connectivity index (χ1) is 10.1. The summed E-state index contributed by atoms with van der Waals surface area (Å²) < 4.78 is 10.7. The highest BCUT2D eigenvalue weighted by Crippen LogP contribution is 2.19. The van der Waals surface area contributed by atoms with Crippen molar-refractivity contribution in [2.75, 3.05) is 26.4 Å². The van der Waals surface area contributed by atoms with E-state index >= 15 is 0 Å². The number of morpholine rings is 1. The number of carboxylic acid groups (broad SMARTS) is 1. The van der Waals surface area contributed by atoms with Crippen LogP contribution in [0.2, 0.25) is 0 Å². The first-order valence-electron chi connectivity index (χ1n) is 6.95. The standard InChI is InChI=1S/C15H19NO5/c1-2-21-13-5-3-4-11(8-13)15(19)16-6-7-20-10-12(16)9-14(17)18/h3-5,8,12H,2,6-7,9-10H2,1H3,(H,17,18). The maximum Gasteiger partial charge on any atom is 0.305 e. The minimum Gasteiger partial charge on any atom is -0.494 e. The molecule has 1 aromatic carbocycles. The van der Waals surface area contributed by atoms with Crippen LogP contribution in [0, 0.1) is 0 Å². The lowest BCUT2D eigenvalue weighted by Crippen LogP contribution is -2.49. The van der Waals surface area contributed by atoms with E-state index < -0.39 is 12.0 Å². The van der Waals surface area contributed by atoms with Gasteiger partial charge in [-0.05, 0) is 25.1 Å².